The average molecular weight is 228 g/mol. The SMILES string of the molecule is c1cc(C2=NCCN2)cc(-c2cccs2)c1. The smallest absolute Gasteiger partial charge is 0.128 e. The van der Waals surface area contributed by atoms with Gasteiger partial charge in [-0.05, 0) is 23.1 Å². The van der Waals surface area contributed by atoms with E-state index in [1.807, 2.05) is 0 Å². The van der Waals surface area contributed by atoms with Gasteiger partial charge in [-0.3, -0.25) is 4.99 Å². The second-order valence-corrected chi connectivity index (χ2v) is 4.66. The second-order valence-electron chi connectivity index (χ2n) is 3.72. The summed E-state index contributed by atoms with van der Waals surface area (Å²) in [7, 11) is 0. The average Bonchev–Trinajstić information content (AvgIpc) is 3.03. The van der Waals surface area contributed by atoms with Gasteiger partial charge in [0.1, 0.15) is 5.84 Å². The van der Waals surface area contributed by atoms with Gasteiger partial charge < -0.3 is 5.32 Å². The first kappa shape index (κ1) is 9.60. The highest BCUT2D eigenvalue weighted by molar-refractivity contribution is 7.13. The molecule has 1 aliphatic heterocycles. The van der Waals surface area contributed by atoms with Crippen LogP contribution < -0.4 is 5.32 Å². The lowest BCUT2D eigenvalue weighted by atomic mass is 10.1. The fraction of sp³-hybridized carbons (Fsp3) is 0.154. The number of nitrogens with zero attached hydrogens (tertiary/aromatic N) is 1. The van der Waals surface area contributed by atoms with E-state index in [0.29, 0.717) is 0 Å². The predicted octanol–water partition coefficient (Wildman–Crippen LogP) is 2.76. The number of hydrogen-bond acceptors (Lipinski definition) is 3. The van der Waals surface area contributed by atoms with Crippen molar-refractivity contribution in [1.82, 2.24) is 5.32 Å². The first-order chi connectivity index (χ1) is 7.93. The maximum absolute atomic E-state index is 4.44. The molecule has 2 nitrogen and oxygen atoms in total. The Kier molecular flexibility index (Phi) is 2.46. The van der Waals surface area contributed by atoms with Crippen molar-refractivity contribution < 1.29 is 0 Å². The van der Waals surface area contributed by atoms with E-state index in [2.05, 4.69) is 52.1 Å². The lowest BCUT2D eigenvalue weighted by Gasteiger charge is -2.04. The van der Waals surface area contributed by atoms with E-state index in [1.165, 1.54) is 16.0 Å². The van der Waals surface area contributed by atoms with Gasteiger partial charge in [0.05, 0.1) is 6.54 Å². The Balaban J connectivity index is 2.00. The molecule has 1 aromatic carbocycles. The molecule has 3 rings (SSSR count). The highest BCUT2D eigenvalue weighted by Gasteiger charge is 2.08. The molecule has 0 aliphatic carbocycles. The zero-order valence-corrected chi connectivity index (χ0v) is 9.63. The van der Waals surface area contributed by atoms with Crippen molar-refractivity contribution in [1.29, 1.82) is 0 Å². The summed E-state index contributed by atoms with van der Waals surface area (Å²) in [6, 6.07) is 12.8. The predicted molar refractivity (Wildman–Crippen MR) is 69.2 cm³/mol. The molecular weight excluding hydrogens is 216 g/mol. The summed E-state index contributed by atoms with van der Waals surface area (Å²) in [4.78, 5) is 5.74. The molecule has 2 heterocycles. The van der Waals surface area contributed by atoms with Crippen LogP contribution in [0.1, 0.15) is 5.56 Å². The number of nitrogens with one attached hydrogen (secondary N) is 1. The van der Waals surface area contributed by atoms with E-state index >= 15 is 0 Å². The molecule has 0 fully saturated rings. The van der Waals surface area contributed by atoms with E-state index in [9.17, 15) is 0 Å². The van der Waals surface area contributed by atoms with Crippen molar-refractivity contribution in [3.8, 4) is 10.4 Å². The Hall–Kier alpha value is -1.61. The van der Waals surface area contributed by atoms with Crippen LogP contribution in [-0.4, -0.2) is 18.9 Å². The third-order valence-electron chi connectivity index (χ3n) is 2.62. The van der Waals surface area contributed by atoms with Crippen LogP contribution in [0.4, 0.5) is 0 Å². The highest BCUT2D eigenvalue weighted by Crippen LogP contribution is 2.25. The molecule has 0 saturated heterocycles. The monoisotopic (exact) mass is 228 g/mol. The molecule has 0 amide bonds. The van der Waals surface area contributed by atoms with E-state index in [4.69, 9.17) is 0 Å². The first-order valence-electron chi connectivity index (χ1n) is 5.36. The van der Waals surface area contributed by atoms with Gasteiger partial charge >= 0.3 is 0 Å². The normalized spacial score (nSPS) is 14.6. The van der Waals surface area contributed by atoms with Crippen LogP contribution in [-0.2, 0) is 0 Å². The Morgan fingerprint density at radius 2 is 2.06 bits per heavy atom. The van der Waals surface area contributed by atoms with Crippen molar-refractivity contribution >= 4 is 17.2 Å². The molecule has 16 heavy (non-hydrogen) atoms. The zero-order valence-electron chi connectivity index (χ0n) is 8.81. The number of aliphatic imine (C=N–C) groups is 1. The minimum atomic E-state index is 0.887. The molecule has 0 saturated carbocycles. The Morgan fingerprint density at radius 3 is 2.81 bits per heavy atom. The van der Waals surface area contributed by atoms with Crippen molar-refractivity contribution in [2.45, 2.75) is 0 Å². The number of amidine groups is 1. The van der Waals surface area contributed by atoms with Crippen LogP contribution in [0.5, 0.6) is 0 Å². The van der Waals surface area contributed by atoms with Crippen LogP contribution in [0.2, 0.25) is 0 Å². The van der Waals surface area contributed by atoms with E-state index in [1.54, 1.807) is 11.3 Å². The summed E-state index contributed by atoms with van der Waals surface area (Å²) in [6.07, 6.45) is 0. The standard InChI is InChI=1S/C13H12N2S/c1-3-10(12-5-2-8-16-12)9-11(4-1)13-14-6-7-15-13/h1-5,8-9H,6-7H2,(H,14,15). The van der Waals surface area contributed by atoms with Gasteiger partial charge in [-0.2, -0.15) is 0 Å². The molecule has 0 radical (unpaired) electrons. The molecule has 2 aromatic rings. The molecule has 0 bridgehead atoms. The molecule has 80 valence electrons. The molecule has 1 aromatic heterocycles. The molecule has 0 unspecified atom stereocenters. The zero-order chi connectivity index (χ0) is 10.8. The van der Waals surface area contributed by atoms with Crippen LogP contribution in [0, 0.1) is 0 Å². The van der Waals surface area contributed by atoms with Crippen LogP contribution in [0.15, 0.2) is 46.8 Å². The first-order valence-corrected chi connectivity index (χ1v) is 6.24. The molecule has 0 spiro atoms. The van der Waals surface area contributed by atoms with Gasteiger partial charge in [-0.15, -0.1) is 11.3 Å². The van der Waals surface area contributed by atoms with Crippen molar-refractivity contribution in [2.75, 3.05) is 13.1 Å². The minimum Gasteiger partial charge on any atom is -0.368 e. The summed E-state index contributed by atoms with van der Waals surface area (Å²) in [5.74, 6) is 1.03. The van der Waals surface area contributed by atoms with E-state index in [0.717, 1.165) is 18.9 Å². The van der Waals surface area contributed by atoms with E-state index < -0.39 is 0 Å². The summed E-state index contributed by atoms with van der Waals surface area (Å²) in [5.41, 5.74) is 2.45. The maximum atomic E-state index is 4.44. The van der Waals surface area contributed by atoms with Gasteiger partial charge in [0.2, 0.25) is 0 Å². The van der Waals surface area contributed by atoms with Crippen LogP contribution in [0.25, 0.3) is 10.4 Å². The lowest BCUT2D eigenvalue weighted by Crippen LogP contribution is -2.19. The molecule has 0 atom stereocenters. The quantitative estimate of drug-likeness (QED) is 0.839. The number of rotatable bonds is 2. The minimum absolute atomic E-state index is 0.887. The lowest BCUT2D eigenvalue weighted by molar-refractivity contribution is 0.960. The van der Waals surface area contributed by atoms with Crippen molar-refractivity contribution in [3.63, 3.8) is 0 Å². The Morgan fingerprint density at radius 1 is 1.12 bits per heavy atom. The van der Waals surface area contributed by atoms with Gasteiger partial charge in [-0.25, -0.2) is 0 Å². The Labute approximate surface area is 98.7 Å². The maximum Gasteiger partial charge on any atom is 0.128 e. The topological polar surface area (TPSA) is 24.4 Å². The summed E-state index contributed by atoms with van der Waals surface area (Å²) in [6.45, 7) is 1.84. The molecule has 3 heteroatoms. The number of thiophene rings is 1. The van der Waals surface area contributed by atoms with Gasteiger partial charge in [-0.1, -0.05) is 24.3 Å². The van der Waals surface area contributed by atoms with Crippen molar-refractivity contribution in [2.24, 2.45) is 4.99 Å². The molecule has 1 N–H and O–H groups in total. The van der Waals surface area contributed by atoms with Crippen LogP contribution >= 0.6 is 11.3 Å². The number of benzene rings is 1. The fourth-order valence-electron chi connectivity index (χ4n) is 1.85. The Bertz CT molecular complexity index is 514. The summed E-state index contributed by atoms with van der Waals surface area (Å²) < 4.78 is 0. The third kappa shape index (κ3) is 1.74. The highest BCUT2D eigenvalue weighted by atomic mass is 32.1. The summed E-state index contributed by atoms with van der Waals surface area (Å²) in [5, 5.41) is 5.40. The third-order valence-corrected chi connectivity index (χ3v) is 3.53. The van der Waals surface area contributed by atoms with Gasteiger partial charge in [0, 0.05) is 17.0 Å². The van der Waals surface area contributed by atoms with Gasteiger partial charge in [0.25, 0.3) is 0 Å². The van der Waals surface area contributed by atoms with Crippen LogP contribution in [0.3, 0.4) is 0 Å². The number of hydrogen-bond donors (Lipinski definition) is 1. The summed E-state index contributed by atoms with van der Waals surface area (Å²) >= 11 is 1.77. The molecular formula is C13H12N2S. The van der Waals surface area contributed by atoms with E-state index in [-0.39, 0.29) is 0 Å². The largest absolute Gasteiger partial charge is 0.368 e. The second kappa shape index (κ2) is 4.10. The van der Waals surface area contributed by atoms with Gasteiger partial charge in [0.15, 0.2) is 0 Å². The molecule has 1 aliphatic rings. The van der Waals surface area contributed by atoms with Crippen molar-refractivity contribution in [3.05, 3.63) is 47.3 Å². The fourth-order valence-corrected chi connectivity index (χ4v) is 2.58.